The largest absolute Gasteiger partial charge is 0.459 e. The lowest BCUT2D eigenvalue weighted by Crippen LogP contribution is -2.48. The van der Waals surface area contributed by atoms with Gasteiger partial charge in [-0.3, -0.25) is 4.79 Å². The van der Waals surface area contributed by atoms with E-state index in [0.29, 0.717) is 4.90 Å². The van der Waals surface area contributed by atoms with Gasteiger partial charge in [0.15, 0.2) is 11.1 Å². The van der Waals surface area contributed by atoms with Crippen molar-refractivity contribution in [1.29, 1.82) is 5.26 Å². The molecule has 0 aliphatic heterocycles. The zero-order valence-corrected chi connectivity index (χ0v) is 18.6. The van der Waals surface area contributed by atoms with Gasteiger partial charge >= 0.3 is 18.2 Å². The van der Waals surface area contributed by atoms with Crippen molar-refractivity contribution in [3.8, 4) is 6.07 Å². The number of esters is 1. The Labute approximate surface area is 171 Å². The Balaban J connectivity index is 3.15. The molecule has 2 atom stereocenters. The molecule has 0 bridgehead atoms. The number of nitriles is 1. The van der Waals surface area contributed by atoms with Crippen molar-refractivity contribution in [2.24, 2.45) is 5.41 Å². The molecule has 164 valence electrons. The summed E-state index contributed by atoms with van der Waals surface area (Å²) in [4.78, 5) is 37.9. The van der Waals surface area contributed by atoms with E-state index in [1.807, 2.05) is 0 Å². The monoisotopic (exact) mass is 414 g/mol. The van der Waals surface area contributed by atoms with Crippen molar-refractivity contribution in [3.05, 3.63) is 0 Å². The van der Waals surface area contributed by atoms with Gasteiger partial charge in [0.25, 0.3) is 0 Å². The summed E-state index contributed by atoms with van der Waals surface area (Å²) in [6.45, 7) is 13.4. The number of rotatable bonds is 3. The normalized spacial score (nSPS) is 24.2. The fraction of sp³-hybridized carbons (Fsp3) is 0.800. The summed E-state index contributed by atoms with van der Waals surface area (Å²) in [5, 5.41) is 9.48. The Morgan fingerprint density at radius 3 is 1.59 bits per heavy atom. The maximum atomic E-state index is 15.5. The first-order valence-electron chi connectivity index (χ1n) is 9.32. The number of carbonyl (C=O) groups excluding carboxylic acids is 3. The number of carbonyl (C=O) groups is 3. The molecule has 0 radical (unpaired) electrons. The standard InChI is InChI=1S/C20H31FN2O6/c1-16(2,3)27-13(24)19(11-22)10-20(19,21)12-23(14(25)28-17(4,5)6)15(26)29-18(7,8)9/h10,12H2,1-9H3/t19-,20+/m0/s1. The third-order valence-corrected chi connectivity index (χ3v) is 3.76. The van der Waals surface area contributed by atoms with Gasteiger partial charge in [-0.25, -0.2) is 18.9 Å². The van der Waals surface area contributed by atoms with Gasteiger partial charge in [-0.2, -0.15) is 5.26 Å². The molecule has 1 fully saturated rings. The minimum atomic E-state index is -2.47. The van der Waals surface area contributed by atoms with Gasteiger partial charge < -0.3 is 14.2 Å². The fourth-order valence-electron chi connectivity index (χ4n) is 2.46. The Morgan fingerprint density at radius 2 is 1.28 bits per heavy atom. The number of nitrogens with zero attached hydrogens (tertiary/aromatic N) is 2. The molecule has 1 saturated carbocycles. The van der Waals surface area contributed by atoms with Crippen molar-refractivity contribution < 1.29 is 33.0 Å². The minimum absolute atomic E-state index is 0.444. The molecule has 0 N–H and O–H groups in total. The Morgan fingerprint density at radius 1 is 0.897 bits per heavy atom. The molecular formula is C20H31FN2O6. The highest BCUT2D eigenvalue weighted by Gasteiger charge is 2.77. The van der Waals surface area contributed by atoms with E-state index in [9.17, 15) is 19.6 Å². The first-order chi connectivity index (χ1) is 12.8. The van der Waals surface area contributed by atoms with Crippen LogP contribution in [-0.4, -0.2) is 52.1 Å². The second kappa shape index (κ2) is 7.47. The predicted molar refractivity (Wildman–Crippen MR) is 102 cm³/mol. The number of hydrogen-bond donors (Lipinski definition) is 0. The van der Waals surface area contributed by atoms with Crippen LogP contribution in [0.2, 0.25) is 0 Å². The molecule has 2 amide bonds. The third kappa shape index (κ3) is 6.31. The number of hydrogen-bond acceptors (Lipinski definition) is 7. The maximum Gasteiger partial charge on any atom is 0.419 e. The summed E-state index contributed by atoms with van der Waals surface area (Å²) < 4.78 is 31.0. The number of ether oxygens (including phenoxy) is 3. The molecule has 9 heteroatoms. The first-order valence-corrected chi connectivity index (χ1v) is 9.32. The van der Waals surface area contributed by atoms with Gasteiger partial charge in [0.2, 0.25) is 0 Å². The average molecular weight is 414 g/mol. The van der Waals surface area contributed by atoms with E-state index >= 15 is 4.39 Å². The number of amides is 2. The van der Waals surface area contributed by atoms with Crippen molar-refractivity contribution in [2.75, 3.05) is 6.54 Å². The van der Waals surface area contributed by atoms with Crippen molar-refractivity contribution in [1.82, 2.24) is 4.90 Å². The van der Waals surface area contributed by atoms with Gasteiger partial charge in [0.05, 0.1) is 12.6 Å². The van der Waals surface area contributed by atoms with E-state index in [1.54, 1.807) is 68.4 Å². The van der Waals surface area contributed by atoms with Crippen molar-refractivity contribution in [2.45, 2.75) is 91.2 Å². The molecule has 1 aliphatic carbocycles. The van der Waals surface area contributed by atoms with Crippen molar-refractivity contribution in [3.63, 3.8) is 0 Å². The lowest BCUT2D eigenvalue weighted by molar-refractivity contribution is -0.161. The summed E-state index contributed by atoms with van der Waals surface area (Å²) in [5.74, 6) is -1.04. The van der Waals surface area contributed by atoms with Crippen LogP contribution in [0.1, 0.15) is 68.7 Å². The van der Waals surface area contributed by atoms with Crippen LogP contribution in [0.5, 0.6) is 0 Å². The minimum Gasteiger partial charge on any atom is -0.459 e. The molecule has 1 rings (SSSR count). The van der Waals surface area contributed by atoms with E-state index < -0.39 is 59.0 Å². The fourth-order valence-corrected chi connectivity index (χ4v) is 2.46. The lowest BCUT2D eigenvalue weighted by Gasteiger charge is -2.30. The van der Waals surface area contributed by atoms with Crippen LogP contribution < -0.4 is 0 Å². The quantitative estimate of drug-likeness (QED) is 0.505. The zero-order valence-electron chi connectivity index (χ0n) is 18.6. The highest BCUT2D eigenvalue weighted by Crippen LogP contribution is 2.60. The number of imide groups is 1. The van der Waals surface area contributed by atoms with E-state index in [2.05, 4.69) is 0 Å². The van der Waals surface area contributed by atoms with E-state index in [-0.39, 0.29) is 0 Å². The van der Waals surface area contributed by atoms with Crippen LogP contribution in [0.15, 0.2) is 0 Å². The molecule has 0 saturated heterocycles. The number of alkyl halides is 1. The summed E-state index contributed by atoms with van der Waals surface area (Å²) >= 11 is 0. The molecule has 29 heavy (non-hydrogen) atoms. The summed E-state index contributed by atoms with van der Waals surface area (Å²) in [6, 6.07) is 1.66. The molecule has 8 nitrogen and oxygen atoms in total. The Hall–Kier alpha value is -2.37. The SMILES string of the molecule is CC(C)(C)OC(=O)N(C[C@]1(F)C[C@]1(C#N)C(=O)OC(C)(C)C)C(=O)OC(C)(C)C. The van der Waals surface area contributed by atoms with Crippen LogP contribution in [0.4, 0.5) is 14.0 Å². The maximum absolute atomic E-state index is 15.5. The molecule has 0 unspecified atom stereocenters. The van der Waals surface area contributed by atoms with Crippen LogP contribution in [0.25, 0.3) is 0 Å². The van der Waals surface area contributed by atoms with Crippen LogP contribution >= 0.6 is 0 Å². The van der Waals surface area contributed by atoms with E-state index in [1.165, 1.54) is 0 Å². The summed E-state index contributed by atoms with van der Waals surface area (Å²) in [5.41, 5.74) is -7.43. The van der Waals surface area contributed by atoms with Gasteiger partial charge in [-0.15, -0.1) is 0 Å². The molecule has 0 heterocycles. The van der Waals surface area contributed by atoms with Crippen LogP contribution in [0.3, 0.4) is 0 Å². The highest BCUT2D eigenvalue weighted by atomic mass is 19.1. The molecule has 0 aromatic carbocycles. The average Bonchev–Trinajstić information content (AvgIpc) is 3.06. The van der Waals surface area contributed by atoms with E-state index in [0.717, 1.165) is 0 Å². The molecular weight excluding hydrogens is 383 g/mol. The van der Waals surface area contributed by atoms with Crippen LogP contribution in [0, 0.1) is 16.7 Å². The third-order valence-electron chi connectivity index (χ3n) is 3.76. The molecule has 0 aromatic rings. The zero-order chi connectivity index (χ0) is 23.1. The molecule has 0 aromatic heterocycles. The Bertz CT molecular complexity index is 697. The molecule has 0 spiro atoms. The highest BCUT2D eigenvalue weighted by molar-refractivity contribution is 5.90. The van der Waals surface area contributed by atoms with Gasteiger partial charge in [-0.1, -0.05) is 0 Å². The second-order valence-electron chi connectivity index (χ2n) is 10.2. The van der Waals surface area contributed by atoms with E-state index in [4.69, 9.17) is 14.2 Å². The first kappa shape index (κ1) is 24.7. The molecule has 1 aliphatic rings. The van der Waals surface area contributed by atoms with Crippen molar-refractivity contribution >= 4 is 18.2 Å². The lowest BCUT2D eigenvalue weighted by atomic mass is 10.0. The van der Waals surface area contributed by atoms with Gasteiger partial charge in [-0.05, 0) is 62.3 Å². The predicted octanol–water partition coefficient (Wildman–Crippen LogP) is 4.12. The topological polar surface area (TPSA) is 106 Å². The Kier molecular flexibility index (Phi) is 6.35. The van der Waals surface area contributed by atoms with Crippen LogP contribution in [-0.2, 0) is 19.0 Å². The summed E-state index contributed by atoms with van der Waals surface area (Å²) in [6.07, 6.45) is -2.77. The van der Waals surface area contributed by atoms with Gasteiger partial charge in [0, 0.05) is 6.42 Å². The summed E-state index contributed by atoms with van der Waals surface area (Å²) in [7, 11) is 0. The second-order valence-corrected chi connectivity index (χ2v) is 10.2. The smallest absolute Gasteiger partial charge is 0.419 e. The number of halogens is 1. The van der Waals surface area contributed by atoms with Gasteiger partial charge in [0.1, 0.15) is 16.8 Å².